The van der Waals surface area contributed by atoms with Crippen molar-refractivity contribution in [2.24, 2.45) is 0 Å². The van der Waals surface area contributed by atoms with Gasteiger partial charge in [-0.15, -0.1) is 0 Å². The highest BCUT2D eigenvalue weighted by atomic mass is 19.1. The molecule has 0 aliphatic heterocycles. The van der Waals surface area contributed by atoms with E-state index in [0.717, 1.165) is 6.07 Å². The second-order valence-corrected chi connectivity index (χ2v) is 3.56. The van der Waals surface area contributed by atoms with Crippen molar-refractivity contribution < 1.29 is 8.78 Å². The van der Waals surface area contributed by atoms with E-state index in [0.29, 0.717) is 5.56 Å². The molecule has 0 spiro atoms. The summed E-state index contributed by atoms with van der Waals surface area (Å²) in [5.74, 6) is -2.02. The Morgan fingerprint density at radius 3 is 2.17 bits per heavy atom. The van der Waals surface area contributed by atoms with E-state index in [1.807, 2.05) is 0 Å². The largest absolute Gasteiger partial charge is 0.205 e. The van der Waals surface area contributed by atoms with Gasteiger partial charge in [0, 0.05) is 5.56 Å². The topological polar surface area (TPSA) is 47.6 Å². The smallest absolute Gasteiger partial charge is 0.153 e. The van der Waals surface area contributed by atoms with Crippen LogP contribution in [0.3, 0.4) is 0 Å². The molecule has 0 fully saturated rings. The highest BCUT2D eigenvalue weighted by molar-refractivity contribution is 5.73. The van der Waals surface area contributed by atoms with Crippen LogP contribution in [0, 0.1) is 34.3 Å². The maximum Gasteiger partial charge on any atom is 0.153 e. The van der Waals surface area contributed by atoms with Crippen molar-refractivity contribution in [1.82, 2.24) is 0 Å². The lowest BCUT2D eigenvalue weighted by Crippen LogP contribution is -1.98. The predicted molar refractivity (Wildman–Crippen MR) is 61.2 cm³/mol. The molecule has 0 aromatic heterocycles. The fraction of sp³-hybridized carbons (Fsp3) is 0. The Kier molecular flexibility index (Phi) is 3.03. The van der Waals surface area contributed by atoms with Gasteiger partial charge in [0.1, 0.15) is 17.4 Å². The Labute approximate surface area is 102 Å². The summed E-state index contributed by atoms with van der Waals surface area (Å²) in [4.78, 5) is 0. The molecule has 0 saturated carbocycles. The molecule has 18 heavy (non-hydrogen) atoms. The van der Waals surface area contributed by atoms with Crippen LogP contribution in [-0.4, -0.2) is 0 Å². The Hall–Kier alpha value is -2.72. The van der Waals surface area contributed by atoms with Gasteiger partial charge in [-0.1, -0.05) is 30.3 Å². The van der Waals surface area contributed by atoms with Crippen LogP contribution in [0.2, 0.25) is 0 Å². The molecule has 0 radical (unpaired) electrons. The molecule has 4 heteroatoms. The van der Waals surface area contributed by atoms with Crippen LogP contribution < -0.4 is 0 Å². The van der Waals surface area contributed by atoms with E-state index in [-0.39, 0.29) is 11.1 Å². The van der Waals surface area contributed by atoms with Gasteiger partial charge in [-0.2, -0.15) is 10.5 Å². The van der Waals surface area contributed by atoms with Crippen LogP contribution in [0.25, 0.3) is 11.1 Å². The summed E-state index contributed by atoms with van der Waals surface area (Å²) in [6.07, 6.45) is 0. The average molecular weight is 240 g/mol. The molecule has 0 N–H and O–H groups in total. The number of hydrogen-bond acceptors (Lipinski definition) is 2. The molecular formula is C14H6F2N2. The fourth-order valence-electron chi connectivity index (χ4n) is 1.70. The first-order valence-corrected chi connectivity index (χ1v) is 5.06. The molecular weight excluding hydrogens is 234 g/mol. The first-order chi connectivity index (χ1) is 8.69. The Morgan fingerprint density at radius 1 is 0.944 bits per heavy atom. The molecule has 2 aromatic rings. The first-order valence-electron chi connectivity index (χ1n) is 5.06. The molecule has 0 atom stereocenters. The maximum absolute atomic E-state index is 14.1. The predicted octanol–water partition coefficient (Wildman–Crippen LogP) is 3.38. The number of hydrogen-bond donors (Lipinski definition) is 0. The van der Waals surface area contributed by atoms with Crippen LogP contribution >= 0.6 is 0 Å². The van der Waals surface area contributed by atoms with Crippen LogP contribution in [0.5, 0.6) is 0 Å². The molecule has 2 aromatic carbocycles. The third-order valence-corrected chi connectivity index (χ3v) is 2.51. The summed E-state index contributed by atoms with van der Waals surface area (Å²) in [7, 11) is 0. The van der Waals surface area contributed by atoms with Crippen molar-refractivity contribution in [3.8, 4) is 23.3 Å². The molecule has 0 aliphatic rings. The van der Waals surface area contributed by atoms with E-state index in [4.69, 9.17) is 10.5 Å². The van der Waals surface area contributed by atoms with Gasteiger partial charge in [0.05, 0.1) is 11.6 Å². The Bertz CT molecular complexity index is 680. The van der Waals surface area contributed by atoms with E-state index in [9.17, 15) is 8.78 Å². The van der Waals surface area contributed by atoms with Crippen LogP contribution in [-0.2, 0) is 0 Å². The number of rotatable bonds is 1. The minimum absolute atomic E-state index is 0.0453. The number of nitriles is 2. The summed E-state index contributed by atoms with van der Waals surface area (Å²) in [5, 5.41) is 17.6. The minimum Gasteiger partial charge on any atom is -0.205 e. The lowest BCUT2D eigenvalue weighted by molar-refractivity contribution is 0.578. The number of benzene rings is 2. The van der Waals surface area contributed by atoms with Crippen molar-refractivity contribution in [2.75, 3.05) is 0 Å². The van der Waals surface area contributed by atoms with Gasteiger partial charge < -0.3 is 0 Å². The maximum atomic E-state index is 14.1. The lowest BCUT2D eigenvalue weighted by Gasteiger charge is -2.07. The van der Waals surface area contributed by atoms with Crippen molar-refractivity contribution >= 4 is 0 Å². The fourth-order valence-corrected chi connectivity index (χ4v) is 1.70. The third kappa shape index (κ3) is 1.81. The first kappa shape index (κ1) is 11.8. The van der Waals surface area contributed by atoms with Crippen molar-refractivity contribution in [3.05, 3.63) is 59.2 Å². The van der Waals surface area contributed by atoms with Gasteiger partial charge in [0.25, 0.3) is 0 Å². The van der Waals surface area contributed by atoms with Gasteiger partial charge in [-0.25, -0.2) is 8.78 Å². The molecule has 86 valence electrons. The van der Waals surface area contributed by atoms with E-state index in [1.165, 1.54) is 6.07 Å². The van der Waals surface area contributed by atoms with Crippen molar-refractivity contribution in [1.29, 1.82) is 10.5 Å². The van der Waals surface area contributed by atoms with E-state index in [2.05, 4.69) is 0 Å². The molecule has 0 unspecified atom stereocenters. The molecule has 2 rings (SSSR count). The molecule has 0 bridgehead atoms. The molecule has 0 aliphatic carbocycles. The van der Waals surface area contributed by atoms with Crippen LogP contribution in [0.4, 0.5) is 8.78 Å². The summed E-state index contributed by atoms with van der Waals surface area (Å²) < 4.78 is 27.4. The SMILES string of the molecule is N#Cc1cc(F)c(C#N)c(F)c1-c1ccccc1. The zero-order valence-electron chi connectivity index (χ0n) is 9.11. The monoisotopic (exact) mass is 240 g/mol. The Morgan fingerprint density at radius 2 is 1.61 bits per heavy atom. The van der Waals surface area contributed by atoms with E-state index < -0.39 is 17.2 Å². The zero-order chi connectivity index (χ0) is 13.1. The van der Waals surface area contributed by atoms with E-state index >= 15 is 0 Å². The second-order valence-electron chi connectivity index (χ2n) is 3.56. The van der Waals surface area contributed by atoms with Gasteiger partial charge in [-0.05, 0) is 11.6 Å². The van der Waals surface area contributed by atoms with Gasteiger partial charge in [-0.3, -0.25) is 0 Å². The minimum atomic E-state index is -1.02. The number of nitrogens with zero attached hydrogens (tertiary/aromatic N) is 2. The average Bonchev–Trinajstić information content (AvgIpc) is 2.39. The van der Waals surface area contributed by atoms with Crippen LogP contribution in [0.1, 0.15) is 11.1 Å². The third-order valence-electron chi connectivity index (χ3n) is 2.51. The summed E-state index contributed by atoms with van der Waals surface area (Å²) in [6.45, 7) is 0. The quantitative estimate of drug-likeness (QED) is 0.767. The molecule has 2 nitrogen and oxygen atoms in total. The standard InChI is InChI=1S/C14H6F2N2/c15-12-6-10(7-17)13(14(16)11(12)8-18)9-4-2-1-3-5-9/h1-6H. The van der Waals surface area contributed by atoms with E-state index in [1.54, 1.807) is 36.4 Å². The van der Waals surface area contributed by atoms with Gasteiger partial charge >= 0.3 is 0 Å². The normalized spacial score (nSPS) is 9.56. The van der Waals surface area contributed by atoms with Gasteiger partial charge in [0.15, 0.2) is 5.82 Å². The summed E-state index contributed by atoms with van der Waals surface area (Å²) >= 11 is 0. The van der Waals surface area contributed by atoms with Crippen LogP contribution in [0.15, 0.2) is 36.4 Å². The highest BCUT2D eigenvalue weighted by Gasteiger charge is 2.19. The number of halogens is 2. The molecule has 0 saturated heterocycles. The summed E-state index contributed by atoms with van der Waals surface area (Å²) in [6, 6.07) is 12.4. The zero-order valence-corrected chi connectivity index (χ0v) is 9.11. The summed E-state index contributed by atoms with van der Waals surface area (Å²) in [5.41, 5.74) is -0.415. The van der Waals surface area contributed by atoms with Crippen molar-refractivity contribution in [2.45, 2.75) is 0 Å². The lowest BCUT2D eigenvalue weighted by atomic mass is 9.97. The molecule has 0 amide bonds. The van der Waals surface area contributed by atoms with Crippen molar-refractivity contribution in [3.63, 3.8) is 0 Å². The second kappa shape index (κ2) is 4.65. The molecule has 0 heterocycles. The Balaban J connectivity index is 2.83. The van der Waals surface area contributed by atoms with Gasteiger partial charge in [0.2, 0.25) is 0 Å². The highest BCUT2D eigenvalue weighted by Crippen LogP contribution is 2.29.